The lowest BCUT2D eigenvalue weighted by molar-refractivity contribution is -0.142. The van der Waals surface area contributed by atoms with Gasteiger partial charge < -0.3 is 14.5 Å². The van der Waals surface area contributed by atoms with Crippen molar-refractivity contribution in [3.63, 3.8) is 0 Å². The Bertz CT molecular complexity index is 668. The van der Waals surface area contributed by atoms with Crippen LogP contribution >= 0.6 is 11.6 Å². The summed E-state index contributed by atoms with van der Waals surface area (Å²) in [5.74, 6) is -0.668. The quantitative estimate of drug-likeness (QED) is 0.687. The van der Waals surface area contributed by atoms with E-state index >= 15 is 0 Å². The molecule has 1 aromatic carbocycles. The van der Waals surface area contributed by atoms with Crippen LogP contribution in [0.15, 0.2) is 24.3 Å². The van der Waals surface area contributed by atoms with E-state index in [1.807, 2.05) is 6.92 Å². The first-order chi connectivity index (χ1) is 12.5. The lowest BCUT2D eigenvalue weighted by atomic mass is 10.3. The van der Waals surface area contributed by atoms with E-state index in [1.54, 1.807) is 24.3 Å². The normalized spacial score (nSPS) is 14.0. The predicted octanol–water partition coefficient (Wildman–Crippen LogP) is 1.75. The minimum absolute atomic E-state index is 0.00850. The van der Waals surface area contributed by atoms with Gasteiger partial charge in [-0.3, -0.25) is 19.3 Å². The molecule has 0 spiro atoms. The summed E-state index contributed by atoms with van der Waals surface area (Å²) in [7, 11) is 1.44. The number of unbranched alkanes of at least 4 members (excludes halogenated alkanes) is 1. The van der Waals surface area contributed by atoms with Crippen LogP contribution in [0.1, 0.15) is 19.8 Å². The average molecular weight is 382 g/mol. The van der Waals surface area contributed by atoms with Crippen molar-refractivity contribution < 1.29 is 19.1 Å². The summed E-state index contributed by atoms with van der Waals surface area (Å²) in [6.45, 7) is 2.53. The van der Waals surface area contributed by atoms with Gasteiger partial charge in [-0.05, 0) is 24.6 Å². The van der Waals surface area contributed by atoms with Gasteiger partial charge in [0.1, 0.15) is 19.8 Å². The summed E-state index contributed by atoms with van der Waals surface area (Å²) in [6, 6.07) is 6.93. The maximum atomic E-state index is 12.6. The van der Waals surface area contributed by atoms with E-state index in [-0.39, 0.29) is 44.1 Å². The van der Waals surface area contributed by atoms with Crippen molar-refractivity contribution in [2.75, 3.05) is 44.9 Å². The summed E-state index contributed by atoms with van der Waals surface area (Å²) < 4.78 is 4.88. The number of methoxy groups -OCH3 is 1. The van der Waals surface area contributed by atoms with E-state index in [4.69, 9.17) is 16.3 Å². The number of carbonyl (C=O) groups is 3. The highest BCUT2D eigenvalue weighted by atomic mass is 35.5. The molecule has 1 aliphatic rings. The van der Waals surface area contributed by atoms with Gasteiger partial charge in [-0.15, -0.1) is 0 Å². The van der Waals surface area contributed by atoms with Gasteiger partial charge in [0, 0.05) is 24.4 Å². The van der Waals surface area contributed by atoms with Gasteiger partial charge >= 0.3 is 0 Å². The Morgan fingerprint density at radius 3 is 2.77 bits per heavy atom. The van der Waals surface area contributed by atoms with Crippen molar-refractivity contribution in [3.05, 3.63) is 29.3 Å². The van der Waals surface area contributed by atoms with Gasteiger partial charge in [-0.1, -0.05) is 31.0 Å². The van der Waals surface area contributed by atoms with E-state index in [1.165, 1.54) is 21.8 Å². The van der Waals surface area contributed by atoms with Gasteiger partial charge in [0.2, 0.25) is 17.7 Å². The Balaban J connectivity index is 2.02. The minimum atomic E-state index is -0.261. The molecule has 3 amide bonds. The zero-order chi connectivity index (χ0) is 19.1. The van der Waals surface area contributed by atoms with Gasteiger partial charge in [0.15, 0.2) is 0 Å². The van der Waals surface area contributed by atoms with Gasteiger partial charge in [0.25, 0.3) is 0 Å². The fourth-order valence-electron chi connectivity index (χ4n) is 2.70. The highest BCUT2D eigenvalue weighted by Gasteiger charge is 2.32. The van der Waals surface area contributed by atoms with E-state index in [0.29, 0.717) is 17.3 Å². The van der Waals surface area contributed by atoms with Gasteiger partial charge in [-0.25, -0.2) is 0 Å². The van der Waals surface area contributed by atoms with Gasteiger partial charge in [-0.2, -0.15) is 0 Å². The fourth-order valence-corrected chi connectivity index (χ4v) is 2.89. The molecule has 142 valence electrons. The molecular formula is C18H24ClN3O4. The second kappa shape index (κ2) is 9.54. The number of ether oxygens (including phenoxy) is 1. The molecule has 0 aromatic heterocycles. The van der Waals surface area contributed by atoms with Crippen LogP contribution in [0.5, 0.6) is 0 Å². The molecule has 0 atom stereocenters. The first-order valence-electron chi connectivity index (χ1n) is 8.56. The van der Waals surface area contributed by atoms with Crippen LogP contribution in [0.2, 0.25) is 5.02 Å². The average Bonchev–Trinajstić information content (AvgIpc) is 3.00. The summed E-state index contributed by atoms with van der Waals surface area (Å²) in [5.41, 5.74) is 0.649. The Kier molecular flexibility index (Phi) is 7.41. The van der Waals surface area contributed by atoms with Crippen LogP contribution in [0, 0.1) is 0 Å². The van der Waals surface area contributed by atoms with Crippen LogP contribution in [-0.2, 0) is 19.1 Å². The maximum Gasteiger partial charge on any atom is 0.249 e. The third-order valence-electron chi connectivity index (χ3n) is 4.14. The molecule has 0 aliphatic carbocycles. The second-order valence-corrected chi connectivity index (χ2v) is 6.57. The molecule has 0 N–H and O–H groups in total. The van der Waals surface area contributed by atoms with Crippen molar-refractivity contribution in [1.82, 2.24) is 9.80 Å². The molecule has 0 saturated carbocycles. The monoisotopic (exact) mass is 381 g/mol. The van der Waals surface area contributed by atoms with Crippen molar-refractivity contribution in [2.24, 2.45) is 0 Å². The summed E-state index contributed by atoms with van der Waals surface area (Å²) in [6.07, 6.45) is 1.71. The standard InChI is InChI=1S/C18H24ClN3O4/c1-3-4-8-20(18(25)12-26-2)10-16(23)21-11-17(24)22(13-21)15-7-5-6-14(19)9-15/h5-7,9H,3-4,8,10-13H2,1-2H3. The zero-order valence-corrected chi connectivity index (χ0v) is 15.9. The van der Waals surface area contributed by atoms with Crippen molar-refractivity contribution in [3.8, 4) is 0 Å². The van der Waals surface area contributed by atoms with Crippen molar-refractivity contribution in [2.45, 2.75) is 19.8 Å². The van der Waals surface area contributed by atoms with Gasteiger partial charge in [0.05, 0.1) is 6.54 Å². The third kappa shape index (κ3) is 5.19. The number of halogens is 1. The SMILES string of the molecule is CCCCN(CC(=O)N1CC(=O)N(c2cccc(Cl)c2)C1)C(=O)COC. The topological polar surface area (TPSA) is 70.2 Å². The number of anilines is 1. The van der Waals surface area contributed by atoms with E-state index in [0.717, 1.165) is 12.8 Å². The Hall–Kier alpha value is -2.12. The number of rotatable bonds is 8. The smallest absolute Gasteiger partial charge is 0.249 e. The third-order valence-corrected chi connectivity index (χ3v) is 4.38. The number of hydrogen-bond acceptors (Lipinski definition) is 4. The predicted molar refractivity (Wildman–Crippen MR) is 98.9 cm³/mol. The number of nitrogens with zero attached hydrogens (tertiary/aromatic N) is 3. The lowest BCUT2D eigenvalue weighted by Crippen LogP contribution is -2.44. The van der Waals surface area contributed by atoms with Crippen LogP contribution in [-0.4, -0.2) is 67.5 Å². The number of carbonyl (C=O) groups excluding carboxylic acids is 3. The largest absolute Gasteiger partial charge is 0.375 e. The summed E-state index contributed by atoms with van der Waals surface area (Å²) in [4.78, 5) is 41.5. The molecular weight excluding hydrogens is 358 g/mol. The first kappa shape index (κ1) is 20.2. The molecule has 2 rings (SSSR count). The summed E-state index contributed by atoms with van der Waals surface area (Å²) >= 11 is 5.98. The van der Waals surface area contributed by atoms with E-state index < -0.39 is 0 Å². The number of hydrogen-bond donors (Lipinski definition) is 0. The van der Waals surface area contributed by atoms with Crippen molar-refractivity contribution >= 4 is 35.0 Å². The molecule has 8 heteroatoms. The first-order valence-corrected chi connectivity index (χ1v) is 8.94. The molecule has 26 heavy (non-hydrogen) atoms. The molecule has 0 unspecified atom stereocenters. The molecule has 1 saturated heterocycles. The molecule has 1 fully saturated rings. The molecule has 1 heterocycles. The van der Waals surface area contributed by atoms with Crippen LogP contribution in [0.4, 0.5) is 5.69 Å². The van der Waals surface area contributed by atoms with Crippen LogP contribution in [0.25, 0.3) is 0 Å². The van der Waals surface area contributed by atoms with E-state index in [2.05, 4.69) is 0 Å². The Morgan fingerprint density at radius 1 is 1.35 bits per heavy atom. The lowest BCUT2D eigenvalue weighted by Gasteiger charge is -2.25. The Labute approximate surface area is 158 Å². The van der Waals surface area contributed by atoms with Crippen molar-refractivity contribution in [1.29, 1.82) is 0 Å². The molecule has 1 aliphatic heterocycles. The minimum Gasteiger partial charge on any atom is -0.375 e. The van der Waals surface area contributed by atoms with E-state index in [9.17, 15) is 14.4 Å². The molecule has 1 aromatic rings. The second-order valence-electron chi connectivity index (χ2n) is 6.14. The molecule has 7 nitrogen and oxygen atoms in total. The highest BCUT2D eigenvalue weighted by molar-refractivity contribution is 6.31. The molecule has 0 bridgehead atoms. The Morgan fingerprint density at radius 2 is 2.12 bits per heavy atom. The molecule has 0 radical (unpaired) electrons. The number of amides is 3. The van der Waals surface area contributed by atoms with Crippen LogP contribution < -0.4 is 4.90 Å². The number of benzene rings is 1. The maximum absolute atomic E-state index is 12.6. The zero-order valence-electron chi connectivity index (χ0n) is 15.1. The fraction of sp³-hybridized carbons (Fsp3) is 0.500. The summed E-state index contributed by atoms with van der Waals surface area (Å²) in [5, 5.41) is 0.524. The highest BCUT2D eigenvalue weighted by Crippen LogP contribution is 2.23. The van der Waals surface area contributed by atoms with Crippen LogP contribution in [0.3, 0.4) is 0 Å².